The number of hydrogen-bond donors (Lipinski definition) is 0. The fourth-order valence-corrected chi connectivity index (χ4v) is 5.19. The number of benzene rings is 5. The Kier molecular flexibility index (Phi) is 6.49. The lowest BCUT2D eigenvalue weighted by atomic mass is 10.0. The zero-order valence-electron chi connectivity index (χ0n) is 22.5. The molecule has 0 aromatic heterocycles. The van der Waals surface area contributed by atoms with E-state index in [1.807, 2.05) is 6.07 Å². The van der Waals surface area contributed by atoms with E-state index in [1.165, 1.54) is 27.9 Å². The topological polar surface area (TPSA) is 6.48 Å². The molecule has 0 heterocycles. The van der Waals surface area contributed by atoms with Gasteiger partial charge >= 0.3 is 0 Å². The first kappa shape index (κ1) is 24.3. The van der Waals surface area contributed by atoms with Gasteiger partial charge in [0, 0.05) is 29.8 Å². The normalized spacial score (nSPS) is 10.7. The van der Waals surface area contributed by atoms with E-state index >= 15 is 0 Å². The van der Waals surface area contributed by atoms with Gasteiger partial charge in [0.15, 0.2) is 0 Å². The van der Waals surface area contributed by atoms with Crippen molar-refractivity contribution in [1.82, 2.24) is 0 Å². The van der Waals surface area contributed by atoms with Crippen LogP contribution in [0, 0.1) is 26.0 Å². The maximum absolute atomic E-state index is 3.37. The van der Waals surface area contributed by atoms with Gasteiger partial charge < -0.3 is 9.80 Å². The fourth-order valence-electron chi connectivity index (χ4n) is 5.19. The van der Waals surface area contributed by atoms with Crippen LogP contribution in [0.2, 0.25) is 0 Å². The van der Waals surface area contributed by atoms with E-state index < -0.39 is 0 Å². The smallest absolute Gasteiger partial charge is 0.0624 e. The quantitative estimate of drug-likeness (QED) is 0.224. The molecule has 0 bridgehead atoms. The Morgan fingerprint density at radius 2 is 1.31 bits per heavy atom. The van der Waals surface area contributed by atoms with E-state index in [9.17, 15) is 0 Å². The SMILES string of the molecule is Cc1ccc(C)c(N(C)c2ccc(N(c3cccc(-c4ccccc4)c3)c3cccc4ccc#cc34)cc2)c1. The molecule has 0 aliphatic rings. The van der Waals surface area contributed by atoms with Crippen LogP contribution in [-0.4, -0.2) is 7.05 Å². The fraction of sp³-hybridized carbons (Fsp3) is 0.0811. The lowest BCUT2D eigenvalue weighted by molar-refractivity contribution is 1.17. The zero-order chi connectivity index (χ0) is 26.8. The van der Waals surface area contributed by atoms with Gasteiger partial charge in [-0.05, 0) is 102 Å². The van der Waals surface area contributed by atoms with Crippen molar-refractivity contribution in [3.8, 4) is 11.1 Å². The van der Waals surface area contributed by atoms with Gasteiger partial charge in [-0.1, -0.05) is 78.9 Å². The number of fused-ring (bicyclic) bond motifs is 1. The van der Waals surface area contributed by atoms with E-state index in [0.717, 1.165) is 33.5 Å². The first-order chi connectivity index (χ1) is 19.1. The van der Waals surface area contributed by atoms with Crippen molar-refractivity contribution >= 4 is 39.2 Å². The van der Waals surface area contributed by atoms with Gasteiger partial charge in [0.1, 0.15) is 0 Å². The van der Waals surface area contributed by atoms with E-state index in [2.05, 4.69) is 164 Å². The molecule has 0 fully saturated rings. The molecular formula is C37H30N2. The molecule has 39 heavy (non-hydrogen) atoms. The van der Waals surface area contributed by atoms with E-state index in [1.54, 1.807) is 0 Å². The maximum atomic E-state index is 3.37. The maximum Gasteiger partial charge on any atom is 0.0624 e. The third-order valence-electron chi connectivity index (χ3n) is 7.29. The molecule has 0 unspecified atom stereocenters. The molecule has 0 saturated carbocycles. The predicted molar refractivity (Wildman–Crippen MR) is 166 cm³/mol. The molecule has 0 aliphatic carbocycles. The molecule has 0 atom stereocenters. The van der Waals surface area contributed by atoms with Crippen LogP contribution in [0.25, 0.3) is 21.9 Å². The van der Waals surface area contributed by atoms with Gasteiger partial charge in [-0.3, -0.25) is 0 Å². The third kappa shape index (κ3) is 4.83. The Bertz CT molecular complexity index is 1730. The van der Waals surface area contributed by atoms with Gasteiger partial charge in [0.05, 0.1) is 11.1 Å². The van der Waals surface area contributed by atoms with Crippen molar-refractivity contribution in [2.45, 2.75) is 13.8 Å². The zero-order valence-corrected chi connectivity index (χ0v) is 22.5. The number of anilines is 5. The number of aryl methyl sites for hydroxylation is 2. The Morgan fingerprint density at radius 3 is 2.13 bits per heavy atom. The molecule has 0 saturated heterocycles. The summed E-state index contributed by atoms with van der Waals surface area (Å²) >= 11 is 0. The molecule has 2 heteroatoms. The van der Waals surface area contributed by atoms with Crippen molar-refractivity contribution in [3.63, 3.8) is 0 Å². The molecule has 0 spiro atoms. The van der Waals surface area contributed by atoms with Gasteiger partial charge in [-0.2, -0.15) is 0 Å². The highest BCUT2D eigenvalue weighted by atomic mass is 15.1. The minimum Gasteiger partial charge on any atom is -0.344 e. The summed E-state index contributed by atoms with van der Waals surface area (Å²) in [6.07, 6.45) is 0. The molecule has 0 aliphatic heterocycles. The van der Waals surface area contributed by atoms with Crippen molar-refractivity contribution in [1.29, 1.82) is 0 Å². The second-order valence-corrected chi connectivity index (χ2v) is 9.96. The average molecular weight is 503 g/mol. The van der Waals surface area contributed by atoms with Gasteiger partial charge in [-0.15, -0.1) is 0 Å². The molecule has 6 rings (SSSR count). The first-order valence-electron chi connectivity index (χ1n) is 13.3. The summed E-state index contributed by atoms with van der Waals surface area (Å²) < 4.78 is 0. The molecule has 0 amide bonds. The van der Waals surface area contributed by atoms with Gasteiger partial charge in [-0.25, -0.2) is 0 Å². The summed E-state index contributed by atoms with van der Waals surface area (Å²) in [5, 5.41) is 2.18. The average Bonchev–Trinajstić information content (AvgIpc) is 2.99. The summed E-state index contributed by atoms with van der Waals surface area (Å²) in [7, 11) is 2.13. The molecule has 6 aromatic rings. The van der Waals surface area contributed by atoms with Crippen LogP contribution >= 0.6 is 0 Å². The lowest BCUT2D eigenvalue weighted by Gasteiger charge is -2.28. The highest BCUT2D eigenvalue weighted by molar-refractivity contribution is 5.98. The van der Waals surface area contributed by atoms with Crippen molar-refractivity contribution in [3.05, 3.63) is 151 Å². The van der Waals surface area contributed by atoms with Crippen LogP contribution in [0.5, 0.6) is 0 Å². The van der Waals surface area contributed by atoms with Crippen molar-refractivity contribution < 1.29 is 0 Å². The minimum atomic E-state index is 1.04. The van der Waals surface area contributed by atoms with Crippen LogP contribution < -0.4 is 9.80 Å². The van der Waals surface area contributed by atoms with E-state index in [4.69, 9.17) is 0 Å². The Morgan fingerprint density at radius 1 is 0.564 bits per heavy atom. The van der Waals surface area contributed by atoms with Crippen LogP contribution in [-0.2, 0) is 0 Å². The molecular weight excluding hydrogens is 472 g/mol. The van der Waals surface area contributed by atoms with Crippen molar-refractivity contribution in [2.75, 3.05) is 16.8 Å². The van der Waals surface area contributed by atoms with Crippen LogP contribution in [0.4, 0.5) is 28.4 Å². The highest BCUT2D eigenvalue weighted by Crippen LogP contribution is 2.40. The van der Waals surface area contributed by atoms with Gasteiger partial charge in [0.25, 0.3) is 0 Å². The van der Waals surface area contributed by atoms with Crippen LogP contribution in [0.15, 0.2) is 127 Å². The second-order valence-electron chi connectivity index (χ2n) is 9.96. The third-order valence-corrected chi connectivity index (χ3v) is 7.29. The Labute approximate surface area is 231 Å². The summed E-state index contributed by atoms with van der Waals surface area (Å²) in [6, 6.07) is 51.6. The van der Waals surface area contributed by atoms with Crippen LogP contribution in [0.3, 0.4) is 0 Å². The van der Waals surface area contributed by atoms with Gasteiger partial charge in [0.2, 0.25) is 0 Å². The largest absolute Gasteiger partial charge is 0.344 e. The summed E-state index contributed by atoms with van der Waals surface area (Å²) in [6.45, 7) is 4.30. The molecule has 188 valence electrons. The summed E-state index contributed by atoms with van der Waals surface area (Å²) in [4.78, 5) is 4.58. The number of nitrogens with zero attached hydrogens (tertiary/aromatic N) is 2. The predicted octanol–water partition coefficient (Wildman–Crippen LogP) is 9.96. The Balaban J connectivity index is 1.47. The lowest BCUT2D eigenvalue weighted by Crippen LogP contribution is -2.13. The van der Waals surface area contributed by atoms with E-state index in [0.29, 0.717) is 0 Å². The van der Waals surface area contributed by atoms with Crippen molar-refractivity contribution in [2.24, 2.45) is 0 Å². The van der Waals surface area contributed by atoms with Crippen LogP contribution in [0.1, 0.15) is 11.1 Å². The minimum absolute atomic E-state index is 1.04. The second kappa shape index (κ2) is 10.4. The monoisotopic (exact) mass is 502 g/mol. The highest BCUT2D eigenvalue weighted by Gasteiger charge is 2.17. The summed E-state index contributed by atoms with van der Waals surface area (Å²) in [5.41, 5.74) is 10.5. The Hall–Kier alpha value is -5.00. The number of hydrogen-bond acceptors (Lipinski definition) is 2. The van der Waals surface area contributed by atoms with E-state index in [-0.39, 0.29) is 0 Å². The standard InChI is InChI=1S/C37H30N2/c1-27-19-20-28(2)37(25-27)38(3)32-21-23-33(24-22-32)39(36-18-10-14-30-13-7-8-17-35(30)36)34-16-9-15-31(26-34)29-11-5-4-6-12-29/h4-7,9-16,18-26H,1-3H3. The summed E-state index contributed by atoms with van der Waals surface area (Å²) in [5.74, 6) is 0. The molecule has 0 radical (unpaired) electrons. The number of rotatable bonds is 6. The molecule has 2 nitrogen and oxygen atoms in total. The molecule has 6 aromatic carbocycles. The first-order valence-corrected chi connectivity index (χ1v) is 13.3. The molecule has 0 N–H and O–H groups in total.